The molecule has 2 aliphatic heterocycles. The van der Waals surface area contributed by atoms with Crippen LogP contribution >= 0.6 is 24.0 Å². The Bertz CT molecular complexity index is 694. The molecule has 1 aromatic carbocycles. The van der Waals surface area contributed by atoms with E-state index in [0.29, 0.717) is 31.3 Å². The predicted molar refractivity (Wildman–Crippen MR) is 99.8 cm³/mol. The second kappa shape index (κ2) is 8.77. The lowest BCUT2D eigenvalue weighted by molar-refractivity contribution is 0.171. The molecule has 0 aliphatic carbocycles. The number of halogens is 2. The lowest BCUT2D eigenvalue weighted by Gasteiger charge is -2.34. The standard InChI is InChI=1S/C16H23ClN2O4S.ClH/c1-2-7-19(12-3-5-18-6-4-12)24(20,21)16-11-15-14(10-13(16)17)22-8-9-23-15;/h10-12,18H,2-9H2,1H3;1H. The molecule has 0 atom stereocenters. The summed E-state index contributed by atoms with van der Waals surface area (Å²) in [7, 11) is -3.69. The largest absolute Gasteiger partial charge is 0.486 e. The molecule has 1 aromatic rings. The highest BCUT2D eigenvalue weighted by Gasteiger charge is 2.34. The molecule has 9 heteroatoms. The van der Waals surface area contributed by atoms with Gasteiger partial charge in [0.25, 0.3) is 0 Å². The van der Waals surface area contributed by atoms with Gasteiger partial charge in [-0.25, -0.2) is 8.42 Å². The van der Waals surface area contributed by atoms with Crippen LogP contribution in [0.3, 0.4) is 0 Å². The number of rotatable bonds is 5. The minimum absolute atomic E-state index is 0. The normalized spacial score (nSPS) is 18.0. The fourth-order valence-corrected chi connectivity index (χ4v) is 5.47. The Hall–Kier alpha value is -0.730. The number of hydrogen-bond donors (Lipinski definition) is 1. The van der Waals surface area contributed by atoms with Crippen LogP contribution in [0.15, 0.2) is 17.0 Å². The van der Waals surface area contributed by atoms with E-state index in [4.69, 9.17) is 21.1 Å². The van der Waals surface area contributed by atoms with Crippen LogP contribution in [0.2, 0.25) is 5.02 Å². The molecule has 2 aliphatic rings. The molecular formula is C16H24Cl2N2O4S. The molecule has 1 fully saturated rings. The Kier molecular flexibility index (Phi) is 7.22. The molecule has 0 bridgehead atoms. The number of fused-ring (bicyclic) bond motifs is 1. The molecule has 0 unspecified atom stereocenters. The molecule has 0 amide bonds. The molecule has 1 N–H and O–H groups in total. The van der Waals surface area contributed by atoms with Crippen LogP contribution in [0.25, 0.3) is 0 Å². The highest BCUT2D eigenvalue weighted by molar-refractivity contribution is 7.89. The smallest absolute Gasteiger partial charge is 0.244 e. The summed E-state index contributed by atoms with van der Waals surface area (Å²) in [5.74, 6) is 0.931. The average molecular weight is 411 g/mol. The van der Waals surface area contributed by atoms with Gasteiger partial charge in [0.2, 0.25) is 10.0 Å². The van der Waals surface area contributed by atoms with Crippen molar-refractivity contribution in [2.24, 2.45) is 0 Å². The summed E-state index contributed by atoms with van der Waals surface area (Å²) in [6, 6.07) is 3.03. The van der Waals surface area contributed by atoms with Gasteiger partial charge in [-0.05, 0) is 32.4 Å². The molecule has 0 radical (unpaired) electrons. The Labute approximate surface area is 160 Å². The van der Waals surface area contributed by atoms with Gasteiger partial charge in [-0.1, -0.05) is 18.5 Å². The zero-order chi connectivity index (χ0) is 17.2. The van der Waals surface area contributed by atoms with Crippen molar-refractivity contribution in [3.63, 3.8) is 0 Å². The van der Waals surface area contributed by atoms with Crippen molar-refractivity contribution in [2.75, 3.05) is 32.8 Å². The van der Waals surface area contributed by atoms with Gasteiger partial charge in [0.1, 0.15) is 18.1 Å². The van der Waals surface area contributed by atoms with E-state index in [9.17, 15) is 8.42 Å². The summed E-state index contributed by atoms with van der Waals surface area (Å²) < 4.78 is 39.1. The molecular weight excluding hydrogens is 387 g/mol. The summed E-state index contributed by atoms with van der Waals surface area (Å²) in [6.45, 7) is 4.96. The molecule has 2 heterocycles. The Morgan fingerprint density at radius 3 is 2.40 bits per heavy atom. The van der Waals surface area contributed by atoms with Crippen LogP contribution in [-0.4, -0.2) is 51.6 Å². The van der Waals surface area contributed by atoms with Crippen molar-refractivity contribution in [3.8, 4) is 11.5 Å². The maximum atomic E-state index is 13.3. The van der Waals surface area contributed by atoms with Crippen LogP contribution in [-0.2, 0) is 10.0 Å². The van der Waals surface area contributed by atoms with Gasteiger partial charge in [-0.15, -0.1) is 12.4 Å². The van der Waals surface area contributed by atoms with E-state index < -0.39 is 10.0 Å². The van der Waals surface area contributed by atoms with Crippen molar-refractivity contribution in [1.29, 1.82) is 0 Å². The second-order valence-corrected chi connectivity index (χ2v) is 8.29. The first-order chi connectivity index (χ1) is 11.5. The third-order valence-corrected chi connectivity index (χ3v) is 6.76. The van der Waals surface area contributed by atoms with Crippen molar-refractivity contribution in [1.82, 2.24) is 9.62 Å². The predicted octanol–water partition coefficient (Wildman–Crippen LogP) is 2.69. The average Bonchev–Trinajstić information content (AvgIpc) is 2.59. The number of nitrogens with one attached hydrogen (secondary N) is 1. The number of hydrogen-bond acceptors (Lipinski definition) is 5. The molecule has 0 saturated carbocycles. The first-order valence-corrected chi connectivity index (χ1v) is 10.2. The maximum absolute atomic E-state index is 13.3. The Morgan fingerprint density at radius 1 is 1.20 bits per heavy atom. The van der Waals surface area contributed by atoms with Gasteiger partial charge in [0.05, 0.1) is 5.02 Å². The van der Waals surface area contributed by atoms with E-state index in [0.717, 1.165) is 32.4 Å². The summed E-state index contributed by atoms with van der Waals surface area (Å²) >= 11 is 6.28. The molecule has 1 saturated heterocycles. The zero-order valence-corrected chi connectivity index (χ0v) is 16.6. The van der Waals surface area contributed by atoms with Gasteiger partial charge in [0.15, 0.2) is 11.5 Å². The molecule has 6 nitrogen and oxygen atoms in total. The van der Waals surface area contributed by atoms with Crippen molar-refractivity contribution in [2.45, 2.75) is 37.1 Å². The summed E-state index contributed by atoms with van der Waals surface area (Å²) in [4.78, 5) is 0.0976. The minimum atomic E-state index is -3.69. The Balaban J connectivity index is 0.00000225. The number of nitrogens with zero attached hydrogens (tertiary/aromatic N) is 1. The van der Waals surface area contributed by atoms with E-state index in [2.05, 4.69) is 5.32 Å². The molecule has 142 valence electrons. The van der Waals surface area contributed by atoms with E-state index in [1.54, 1.807) is 4.31 Å². The van der Waals surface area contributed by atoms with Gasteiger partial charge in [-0.3, -0.25) is 0 Å². The van der Waals surface area contributed by atoms with E-state index in [1.165, 1.54) is 12.1 Å². The molecule has 3 rings (SSSR count). The Morgan fingerprint density at radius 2 is 1.80 bits per heavy atom. The number of piperidine rings is 1. The summed E-state index contributed by atoms with van der Waals surface area (Å²) in [5, 5.41) is 3.45. The fourth-order valence-electron chi connectivity index (χ4n) is 3.18. The fraction of sp³-hybridized carbons (Fsp3) is 0.625. The van der Waals surface area contributed by atoms with Gasteiger partial charge in [0, 0.05) is 24.7 Å². The van der Waals surface area contributed by atoms with Gasteiger partial charge >= 0.3 is 0 Å². The van der Waals surface area contributed by atoms with Crippen LogP contribution in [0, 0.1) is 0 Å². The maximum Gasteiger partial charge on any atom is 0.244 e. The van der Waals surface area contributed by atoms with Gasteiger partial charge < -0.3 is 14.8 Å². The molecule has 25 heavy (non-hydrogen) atoms. The van der Waals surface area contributed by atoms with Crippen LogP contribution in [0.4, 0.5) is 0 Å². The van der Waals surface area contributed by atoms with Crippen LogP contribution < -0.4 is 14.8 Å². The minimum Gasteiger partial charge on any atom is -0.486 e. The van der Waals surface area contributed by atoms with Crippen LogP contribution in [0.5, 0.6) is 11.5 Å². The number of ether oxygens (including phenoxy) is 2. The lowest BCUT2D eigenvalue weighted by Crippen LogP contribution is -2.46. The third-order valence-electron chi connectivity index (χ3n) is 4.34. The van der Waals surface area contributed by atoms with E-state index in [-0.39, 0.29) is 28.4 Å². The SMILES string of the molecule is CCCN(C1CCNCC1)S(=O)(=O)c1cc2c(cc1Cl)OCCO2.Cl. The monoisotopic (exact) mass is 410 g/mol. The number of sulfonamides is 1. The van der Waals surface area contributed by atoms with E-state index in [1.807, 2.05) is 6.92 Å². The van der Waals surface area contributed by atoms with Crippen molar-refractivity contribution >= 4 is 34.0 Å². The summed E-state index contributed by atoms with van der Waals surface area (Å²) in [6.07, 6.45) is 2.37. The lowest BCUT2D eigenvalue weighted by atomic mass is 10.1. The first-order valence-electron chi connectivity index (χ1n) is 8.35. The van der Waals surface area contributed by atoms with Gasteiger partial charge in [-0.2, -0.15) is 4.31 Å². The quantitative estimate of drug-likeness (QED) is 0.807. The number of benzene rings is 1. The topological polar surface area (TPSA) is 67.9 Å². The third kappa shape index (κ3) is 4.34. The highest BCUT2D eigenvalue weighted by Crippen LogP contribution is 2.39. The van der Waals surface area contributed by atoms with Crippen molar-refractivity contribution < 1.29 is 17.9 Å². The highest BCUT2D eigenvalue weighted by atomic mass is 35.5. The molecule has 0 aromatic heterocycles. The molecule has 0 spiro atoms. The van der Waals surface area contributed by atoms with Crippen LogP contribution in [0.1, 0.15) is 26.2 Å². The van der Waals surface area contributed by atoms with Crippen molar-refractivity contribution in [3.05, 3.63) is 17.2 Å². The summed E-state index contributed by atoms with van der Waals surface area (Å²) in [5.41, 5.74) is 0. The zero-order valence-electron chi connectivity index (χ0n) is 14.2. The second-order valence-electron chi connectivity index (χ2n) is 6.02. The first kappa shape index (κ1) is 20.6. The van der Waals surface area contributed by atoms with E-state index >= 15 is 0 Å².